The molecule has 1 aromatic rings. The lowest BCUT2D eigenvalue weighted by atomic mass is 9.93. The summed E-state index contributed by atoms with van der Waals surface area (Å²) in [7, 11) is -1.59. The number of ether oxygens (including phenoxy) is 1. The molecule has 0 aliphatic heterocycles. The van der Waals surface area contributed by atoms with Crippen LogP contribution in [0.5, 0.6) is 0 Å². The van der Waals surface area contributed by atoms with Gasteiger partial charge in [0.2, 0.25) is 0 Å². The van der Waals surface area contributed by atoms with E-state index in [9.17, 15) is 13.4 Å². The van der Waals surface area contributed by atoms with Gasteiger partial charge in [0.05, 0.1) is 21.8 Å². The molecule has 1 aromatic carbocycles. The van der Waals surface area contributed by atoms with E-state index < -0.39 is 33.1 Å². The van der Waals surface area contributed by atoms with Gasteiger partial charge in [-0.15, -0.1) is 0 Å². The van der Waals surface area contributed by atoms with Crippen LogP contribution in [0.3, 0.4) is 0 Å². The zero-order valence-electron chi connectivity index (χ0n) is 14.2. The van der Waals surface area contributed by atoms with Crippen LogP contribution in [-0.2, 0) is 26.1 Å². The molecule has 0 spiro atoms. The Hall–Kier alpha value is -0.790. The minimum absolute atomic E-state index is 0.0788. The largest absolute Gasteiger partial charge is 0.461 e. The van der Waals surface area contributed by atoms with Gasteiger partial charge in [0.25, 0.3) is 0 Å². The lowest BCUT2D eigenvalue weighted by molar-refractivity contribution is -0.154. The van der Waals surface area contributed by atoms with Gasteiger partial charge < -0.3 is 4.74 Å². The van der Waals surface area contributed by atoms with E-state index >= 15 is 0 Å². The Balaban J connectivity index is 3.39. The van der Waals surface area contributed by atoms with Gasteiger partial charge in [-0.3, -0.25) is 0 Å². The van der Waals surface area contributed by atoms with Crippen molar-refractivity contribution in [1.29, 1.82) is 0 Å². The van der Waals surface area contributed by atoms with Gasteiger partial charge in [-0.25, -0.2) is 18.1 Å². The molecule has 4 nitrogen and oxygen atoms in total. The topological polar surface area (TPSA) is 55.4 Å². The highest BCUT2D eigenvalue weighted by Crippen LogP contribution is 2.30. The third-order valence-electron chi connectivity index (χ3n) is 3.07. The molecule has 0 bridgehead atoms. The van der Waals surface area contributed by atoms with E-state index in [1.54, 1.807) is 34.6 Å². The maximum absolute atomic E-state index is 14.3. The molecule has 7 heteroatoms. The fourth-order valence-corrected chi connectivity index (χ4v) is 2.99. The highest BCUT2D eigenvalue weighted by molar-refractivity contribution is 9.10. The molecule has 2 unspecified atom stereocenters. The van der Waals surface area contributed by atoms with Crippen LogP contribution in [0.1, 0.15) is 47.1 Å². The summed E-state index contributed by atoms with van der Waals surface area (Å²) >= 11 is 3.27. The quantitative estimate of drug-likeness (QED) is 0.754. The normalized spacial score (nSPS) is 16.0. The highest BCUT2D eigenvalue weighted by atomic mass is 79.9. The summed E-state index contributed by atoms with van der Waals surface area (Å²) in [4.78, 5) is 12.6. The van der Waals surface area contributed by atoms with Gasteiger partial charge in [0.1, 0.15) is 5.82 Å². The first-order valence-electron chi connectivity index (χ1n) is 7.24. The Kier molecular flexibility index (Phi) is 6.52. The summed E-state index contributed by atoms with van der Waals surface area (Å²) in [5.41, 5.74) is -1.49. The Morgan fingerprint density at radius 3 is 2.35 bits per heavy atom. The first-order chi connectivity index (χ1) is 10.4. The lowest BCUT2D eigenvalue weighted by Crippen LogP contribution is -2.52. The van der Waals surface area contributed by atoms with E-state index in [0.717, 1.165) is 0 Å². The summed E-state index contributed by atoms with van der Waals surface area (Å²) in [6.45, 7) is 10.2. The molecule has 0 radical (unpaired) electrons. The minimum atomic E-state index is -1.59. The predicted molar refractivity (Wildman–Crippen MR) is 93.7 cm³/mol. The lowest BCUT2D eigenvalue weighted by Gasteiger charge is -2.32. The van der Waals surface area contributed by atoms with Crippen LogP contribution in [-0.4, -0.2) is 21.0 Å². The summed E-state index contributed by atoms with van der Waals surface area (Å²) in [5, 5.41) is 0. The molecule has 0 aromatic heterocycles. The second-order valence-electron chi connectivity index (χ2n) is 6.69. The van der Waals surface area contributed by atoms with Crippen LogP contribution < -0.4 is 4.72 Å². The summed E-state index contributed by atoms with van der Waals surface area (Å²) in [6.07, 6.45) is -0.373. The molecule has 0 saturated heterocycles. The third-order valence-corrected chi connectivity index (χ3v) is 5.27. The van der Waals surface area contributed by atoms with E-state index in [1.165, 1.54) is 25.1 Å². The van der Waals surface area contributed by atoms with Crippen LogP contribution in [0, 0.1) is 5.82 Å². The van der Waals surface area contributed by atoms with Gasteiger partial charge in [-0.05, 0) is 59.7 Å². The van der Waals surface area contributed by atoms with Crippen LogP contribution in [0.2, 0.25) is 0 Å². The minimum Gasteiger partial charge on any atom is -0.461 e. The van der Waals surface area contributed by atoms with Gasteiger partial charge in [-0.1, -0.05) is 15.9 Å². The molecule has 0 fully saturated rings. The standard InChI is InChI=1S/C16H23BrFNO3S/c1-10(2)22-14(20)16(6,19-23(21)15(3,4)5)12-9-11(17)7-8-13(12)18/h7-10,19H,1-6H3. The molecule has 0 aliphatic carbocycles. The van der Waals surface area contributed by atoms with Gasteiger partial charge in [0.15, 0.2) is 5.54 Å². The molecule has 1 rings (SSSR count). The van der Waals surface area contributed by atoms with E-state index in [4.69, 9.17) is 4.74 Å². The number of esters is 1. The molecular weight excluding hydrogens is 385 g/mol. The second kappa shape index (κ2) is 7.40. The van der Waals surface area contributed by atoms with Crippen molar-refractivity contribution in [2.24, 2.45) is 0 Å². The summed E-state index contributed by atoms with van der Waals surface area (Å²) in [6, 6.07) is 4.28. The van der Waals surface area contributed by atoms with Crippen LogP contribution >= 0.6 is 15.9 Å². The van der Waals surface area contributed by atoms with Crippen molar-refractivity contribution in [3.63, 3.8) is 0 Å². The number of hydrogen-bond donors (Lipinski definition) is 1. The zero-order valence-corrected chi connectivity index (χ0v) is 16.6. The Morgan fingerprint density at radius 1 is 1.30 bits per heavy atom. The van der Waals surface area contributed by atoms with Crippen LogP contribution in [0.4, 0.5) is 4.39 Å². The smallest absolute Gasteiger partial charge is 0.331 e. The number of hydrogen-bond acceptors (Lipinski definition) is 3. The number of halogens is 2. The van der Waals surface area contributed by atoms with Crippen molar-refractivity contribution in [3.8, 4) is 0 Å². The Bertz CT molecular complexity index is 616. The molecular formula is C16H23BrFNO3S. The third kappa shape index (κ3) is 5.09. The van der Waals surface area contributed by atoms with Gasteiger partial charge in [0, 0.05) is 10.0 Å². The predicted octanol–water partition coefficient (Wildman–Crippen LogP) is 3.81. The SMILES string of the molecule is CC(C)OC(=O)C(C)(NS(=O)C(C)(C)C)c1cc(Br)ccc1F. The first-order valence-corrected chi connectivity index (χ1v) is 9.18. The van der Waals surface area contributed by atoms with Crippen molar-refractivity contribution < 1.29 is 18.1 Å². The highest BCUT2D eigenvalue weighted by Gasteiger charge is 2.43. The van der Waals surface area contributed by atoms with Gasteiger partial charge >= 0.3 is 5.97 Å². The number of carbonyl (C=O) groups is 1. The summed E-state index contributed by atoms with van der Waals surface area (Å²) < 4.78 is 34.8. The Labute approximate surface area is 147 Å². The average Bonchev–Trinajstić information content (AvgIpc) is 2.39. The Morgan fingerprint density at radius 2 is 1.87 bits per heavy atom. The first kappa shape index (κ1) is 20.3. The van der Waals surface area contributed by atoms with Gasteiger partial charge in [-0.2, -0.15) is 0 Å². The summed E-state index contributed by atoms with van der Waals surface area (Å²) in [5.74, 6) is -1.25. The zero-order chi connectivity index (χ0) is 18.0. The molecule has 0 heterocycles. The molecule has 2 atom stereocenters. The number of nitrogens with one attached hydrogen (secondary N) is 1. The number of benzene rings is 1. The number of rotatable bonds is 5. The van der Waals surface area contributed by atoms with E-state index in [1.807, 2.05) is 0 Å². The van der Waals surface area contributed by atoms with Crippen molar-refractivity contribution in [2.45, 2.75) is 57.9 Å². The maximum Gasteiger partial charge on any atom is 0.331 e. The second-order valence-corrected chi connectivity index (χ2v) is 9.57. The van der Waals surface area contributed by atoms with Crippen molar-refractivity contribution in [2.75, 3.05) is 0 Å². The fraction of sp³-hybridized carbons (Fsp3) is 0.562. The monoisotopic (exact) mass is 407 g/mol. The van der Waals surface area contributed by atoms with Crippen LogP contribution in [0.25, 0.3) is 0 Å². The average molecular weight is 408 g/mol. The van der Waals surface area contributed by atoms with Crippen LogP contribution in [0.15, 0.2) is 22.7 Å². The van der Waals surface area contributed by atoms with E-state index in [-0.39, 0.29) is 11.7 Å². The van der Waals surface area contributed by atoms with Crippen molar-refractivity contribution >= 4 is 32.9 Å². The molecule has 130 valence electrons. The number of carbonyl (C=O) groups excluding carboxylic acids is 1. The fourth-order valence-electron chi connectivity index (χ4n) is 1.76. The molecule has 1 N–H and O–H groups in total. The van der Waals surface area contributed by atoms with Crippen molar-refractivity contribution in [1.82, 2.24) is 4.72 Å². The maximum atomic E-state index is 14.3. The molecule has 0 amide bonds. The van der Waals surface area contributed by atoms with E-state index in [2.05, 4.69) is 20.7 Å². The van der Waals surface area contributed by atoms with Crippen molar-refractivity contribution in [3.05, 3.63) is 34.1 Å². The molecule has 0 aliphatic rings. The van der Waals surface area contributed by atoms with E-state index in [0.29, 0.717) is 4.47 Å². The molecule has 23 heavy (non-hydrogen) atoms. The molecule has 0 saturated carbocycles.